The molecule has 2 heterocycles. The third kappa shape index (κ3) is 3.49. The van der Waals surface area contributed by atoms with Gasteiger partial charge in [0.25, 0.3) is 5.91 Å². The van der Waals surface area contributed by atoms with E-state index < -0.39 is 0 Å². The van der Waals surface area contributed by atoms with E-state index >= 15 is 0 Å². The Morgan fingerprint density at radius 2 is 2.37 bits per heavy atom. The van der Waals surface area contributed by atoms with Gasteiger partial charge in [0, 0.05) is 30.7 Å². The molecule has 0 aliphatic heterocycles. The van der Waals surface area contributed by atoms with Crippen LogP contribution in [-0.2, 0) is 13.1 Å². The van der Waals surface area contributed by atoms with Gasteiger partial charge in [0.15, 0.2) is 0 Å². The highest BCUT2D eigenvalue weighted by Crippen LogP contribution is 2.09. The van der Waals surface area contributed by atoms with Crippen LogP contribution in [0.25, 0.3) is 0 Å². The van der Waals surface area contributed by atoms with Crippen molar-refractivity contribution < 1.29 is 9.53 Å². The summed E-state index contributed by atoms with van der Waals surface area (Å²) in [6.45, 7) is 0.742. The first-order valence-electron chi connectivity index (χ1n) is 5.64. The van der Waals surface area contributed by atoms with E-state index in [0.29, 0.717) is 24.7 Å². The van der Waals surface area contributed by atoms with Crippen LogP contribution in [0, 0.1) is 0 Å². The number of amides is 1. The number of ether oxygens (including phenoxy) is 1. The number of pyridine rings is 1. The number of nitrogens with two attached hydrogens (primary N) is 1. The molecule has 0 aliphatic rings. The molecule has 0 unspecified atom stereocenters. The lowest BCUT2D eigenvalue weighted by Crippen LogP contribution is -2.23. The molecule has 19 heavy (non-hydrogen) atoms. The van der Waals surface area contributed by atoms with Gasteiger partial charge >= 0.3 is 0 Å². The first-order valence-corrected chi connectivity index (χ1v) is 6.52. The molecule has 0 radical (unpaired) electrons. The van der Waals surface area contributed by atoms with Crippen molar-refractivity contribution in [2.45, 2.75) is 13.1 Å². The van der Waals surface area contributed by atoms with Gasteiger partial charge in [-0.25, -0.2) is 9.97 Å². The molecule has 0 aliphatic carbocycles. The summed E-state index contributed by atoms with van der Waals surface area (Å²) in [5, 5.41) is 5.22. The molecular formula is C12H14N4O2S. The standard InChI is InChI=1S/C12H14N4O2S/c1-18-10-3-2-8(5-14-10)6-15-12(17)9-7-19-11(4-13)16-9/h2-3,5,7H,4,6,13H2,1H3,(H,15,17). The molecule has 2 aromatic rings. The minimum atomic E-state index is -0.216. The van der Waals surface area contributed by atoms with E-state index in [4.69, 9.17) is 10.5 Å². The highest BCUT2D eigenvalue weighted by Gasteiger charge is 2.09. The summed E-state index contributed by atoms with van der Waals surface area (Å²) in [7, 11) is 1.56. The summed E-state index contributed by atoms with van der Waals surface area (Å²) in [5.41, 5.74) is 6.74. The number of nitrogens with one attached hydrogen (secondary N) is 1. The zero-order valence-electron chi connectivity index (χ0n) is 10.4. The minimum Gasteiger partial charge on any atom is -0.481 e. The summed E-state index contributed by atoms with van der Waals surface area (Å²) in [6.07, 6.45) is 1.66. The fourth-order valence-corrected chi connectivity index (χ4v) is 2.07. The summed E-state index contributed by atoms with van der Waals surface area (Å²) in [6, 6.07) is 3.59. The molecule has 100 valence electrons. The van der Waals surface area contributed by atoms with Crippen LogP contribution >= 0.6 is 11.3 Å². The van der Waals surface area contributed by atoms with Gasteiger partial charge in [0.05, 0.1) is 7.11 Å². The second kappa shape index (κ2) is 6.26. The van der Waals surface area contributed by atoms with Gasteiger partial charge in [-0.2, -0.15) is 0 Å². The molecule has 0 saturated carbocycles. The first-order chi connectivity index (χ1) is 9.22. The molecule has 0 aromatic carbocycles. The Kier molecular flexibility index (Phi) is 4.43. The maximum Gasteiger partial charge on any atom is 0.271 e. The predicted molar refractivity (Wildman–Crippen MR) is 72.0 cm³/mol. The molecule has 0 spiro atoms. The van der Waals surface area contributed by atoms with Gasteiger partial charge in [0.2, 0.25) is 5.88 Å². The molecule has 0 fully saturated rings. The molecule has 0 bridgehead atoms. The van der Waals surface area contributed by atoms with Crippen LogP contribution in [0.5, 0.6) is 5.88 Å². The summed E-state index contributed by atoms with van der Waals surface area (Å²) in [4.78, 5) is 20.0. The van der Waals surface area contributed by atoms with Gasteiger partial charge in [-0.3, -0.25) is 4.79 Å². The molecule has 2 aromatic heterocycles. The van der Waals surface area contributed by atoms with Crippen molar-refractivity contribution in [3.63, 3.8) is 0 Å². The number of carbonyl (C=O) groups is 1. The van der Waals surface area contributed by atoms with Crippen molar-refractivity contribution >= 4 is 17.2 Å². The topological polar surface area (TPSA) is 90.1 Å². The third-order valence-corrected chi connectivity index (χ3v) is 3.29. The normalized spacial score (nSPS) is 10.2. The fourth-order valence-electron chi connectivity index (χ4n) is 1.42. The quantitative estimate of drug-likeness (QED) is 0.849. The fraction of sp³-hybridized carbons (Fsp3) is 0.250. The lowest BCUT2D eigenvalue weighted by molar-refractivity contribution is 0.0946. The van der Waals surface area contributed by atoms with E-state index in [0.717, 1.165) is 10.6 Å². The van der Waals surface area contributed by atoms with Crippen LogP contribution in [0.3, 0.4) is 0 Å². The van der Waals surface area contributed by atoms with Gasteiger partial charge in [-0.1, -0.05) is 6.07 Å². The number of rotatable bonds is 5. The molecule has 0 atom stereocenters. The Balaban J connectivity index is 1.92. The van der Waals surface area contributed by atoms with Crippen LogP contribution in [0.2, 0.25) is 0 Å². The molecule has 6 nitrogen and oxygen atoms in total. The smallest absolute Gasteiger partial charge is 0.271 e. The van der Waals surface area contributed by atoms with Crippen molar-refractivity contribution in [2.24, 2.45) is 5.73 Å². The van der Waals surface area contributed by atoms with Crippen molar-refractivity contribution in [2.75, 3.05) is 7.11 Å². The summed E-state index contributed by atoms with van der Waals surface area (Å²) in [5.74, 6) is 0.328. The van der Waals surface area contributed by atoms with E-state index in [1.165, 1.54) is 11.3 Å². The van der Waals surface area contributed by atoms with Crippen LogP contribution in [-0.4, -0.2) is 23.0 Å². The molecule has 3 N–H and O–H groups in total. The van der Waals surface area contributed by atoms with Crippen LogP contribution < -0.4 is 15.8 Å². The zero-order valence-corrected chi connectivity index (χ0v) is 11.2. The summed E-state index contributed by atoms with van der Waals surface area (Å²) < 4.78 is 4.96. The zero-order chi connectivity index (χ0) is 13.7. The van der Waals surface area contributed by atoms with Gasteiger partial charge in [0.1, 0.15) is 10.7 Å². The largest absolute Gasteiger partial charge is 0.481 e. The van der Waals surface area contributed by atoms with E-state index in [2.05, 4.69) is 15.3 Å². The number of hydrogen-bond acceptors (Lipinski definition) is 6. The number of nitrogens with zero attached hydrogens (tertiary/aromatic N) is 2. The molecular weight excluding hydrogens is 264 g/mol. The molecule has 0 saturated heterocycles. The van der Waals surface area contributed by atoms with Gasteiger partial charge in [-0.05, 0) is 5.56 Å². The lowest BCUT2D eigenvalue weighted by Gasteiger charge is -2.04. The van der Waals surface area contributed by atoms with E-state index in [-0.39, 0.29) is 5.91 Å². The van der Waals surface area contributed by atoms with Gasteiger partial charge in [-0.15, -0.1) is 11.3 Å². The highest BCUT2D eigenvalue weighted by atomic mass is 32.1. The third-order valence-electron chi connectivity index (χ3n) is 2.42. The van der Waals surface area contributed by atoms with Gasteiger partial charge < -0.3 is 15.8 Å². The Bertz CT molecular complexity index is 553. The summed E-state index contributed by atoms with van der Waals surface area (Å²) >= 11 is 1.38. The molecule has 2 rings (SSSR count). The molecule has 7 heteroatoms. The van der Waals surface area contributed by atoms with Crippen molar-refractivity contribution in [1.29, 1.82) is 0 Å². The maximum absolute atomic E-state index is 11.8. The Hall–Kier alpha value is -1.99. The van der Waals surface area contributed by atoms with Crippen molar-refractivity contribution in [3.8, 4) is 5.88 Å². The number of aromatic nitrogens is 2. The predicted octanol–water partition coefficient (Wildman–Crippen LogP) is 0.935. The number of hydrogen-bond donors (Lipinski definition) is 2. The second-order valence-electron chi connectivity index (χ2n) is 3.72. The van der Waals surface area contributed by atoms with Crippen LogP contribution in [0.4, 0.5) is 0 Å². The van der Waals surface area contributed by atoms with E-state index in [1.807, 2.05) is 6.07 Å². The van der Waals surface area contributed by atoms with Crippen LogP contribution in [0.15, 0.2) is 23.7 Å². The molecule has 1 amide bonds. The maximum atomic E-state index is 11.8. The second-order valence-corrected chi connectivity index (χ2v) is 4.66. The lowest BCUT2D eigenvalue weighted by atomic mass is 10.3. The van der Waals surface area contributed by atoms with Crippen molar-refractivity contribution in [3.05, 3.63) is 40.0 Å². The highest BCUT2D eigenvalue weighted by molar-refractivity contribution is 7.09. The monoisotopic (exact) mass is 278 g/mol. The Morgan fingerprint density at radius 1 is 1.53 bits per heavy atom. The average Bonchev–Trinajstić information content (AvgIpc) is 2.94. The Labute approximate surface area is 114 Å². The number of carbonyl (C=O) groups excluding carboxylic acids is 1. The van der Waals surface area contributed by atoms with Crippen LogP contribution in [0.1, 0.15) is 21.1 Å². The average molecular weight is 278 g/mol. The number of methoxy groups -OCH3 is 1. The Morgan fingerprint density at radius 3 is 2.95 bits per heavy atom. The van der Waals surface area contributed by atoms with Crippen molar-refractivity contribution in [1.82, 2.24) is 15.3 Å². The number of thiazole rings is 1. The van der Waals surface area contributed by atoms with E-state index in [1.54, 1.807) is 24.8 Å². The first kappa shape index (κ1) is 13.4. The minimum absolute atomic E-state index is 0.216. The van der Waals surface area contributed by atoms with E-state index in [9.17, 15) is 4.79 Å². The SMILES string of the molecule is COc1ccc(CNC(=O)c2csc(CN)n2)cn1.